The fraction of sp³-hybridized carbons (Fsp3) is 0.600. The monoisotopic (exact) mass is 210 g/mol. The van der Waals surface area contributed by atoms with Gasteiger partial charge in [0.25, 0.3) is 0 Å². The number of hydrogen-bond acceptors (Lipinski definition) is 1. The summed E-state index contributed by atoms with van der Waals surface area (Å²) in [6.45, 7) is 3.43. The summed E-state index contributed by atoms with van der Waals surface area (Å²) in [4.78, 5) is 0. The Kier molecular flexibility index (Phi) is 2.12. The fourth-order valence-electron chi connectivity index (χ4n) is 0.485. The summed E-state index contributed by atoms with van der Waals surface area (Å²) in [5, 5.41) is 0. The number of hydrogen-bond donors (Lipinski definition) is 1. The molecular weight excluding hydrogens is 201 g/mol. The second-order valence-corrected chi connectivity index (χ2v) is 3.71. The van der Waals surface area contributed by atoms with Gasteiger partial charge in [-0.15, -0.1) is 0 Å². The molecule has 0 spiro atoms. The molecule has 0 aromatic carbocycles. The van der Waals surface area contributed by atoms with Gasteiger partial charge in [0.05, 0.1) is 0 Å². The van der Waals surface area contributed by atoms with E-state index in [0.717, 1.165) is 0 Å². The third-order valence-electron chi connectivity index (χ3n) is 0.932. The summed E-state index contributed by atoms with van der Waals surface area (Å²) in [5.41, 5.74) is 1.58. The topological polar surface area (TPSA) is 12.0 Å². The molecule has 2 heteroatoms. The Morgan fingerprint density at radius 3 is 3.00 bits per heavy atom. The van der Waals surface area contributed by atoms with Crippen molar-refractivity contribution in [3.8, 4) is 0 Å². The first-order chi connectivity index (χ1) is 3.39. The molecule has 0 aromatic heterocycles. The molecule has 0 bridgehead atoms. The quantitative estimate of drug-likeness (QED) is 0.356. The minimum atomic E-state index is 0.262. The number of halogens is 1. The molecular formula is C5H9IN-. The van der Waals surface area contributed by atoms with Gasteiger partial charge in [0, 0.05) is 0 Å². The van der Waals surface area contributed by atoms with Crippen molar-refractivity contribution in [3.63, 3.8) is 0 Å². The molecule has 1 heterocycles. The molecule has 1 aliphatic rings. The second-order valence-electron chi connectivity index (χ2n) is 1.70. The molecule has 0 amide bonds. The van der Waals surface area contributed by atoms with Crippen molar-refractivity contribution in [2.75, 3.05) is 6.54 Å². The van der Waals surface area contributed by atoms with E-state index in [1.165, 1.54) is 13.0 Å². The molecule has 0 saturated heterocycles. The van der Waals surface area contributed by atoms with Crippen LogP contribution in [-0.4, -0.2) is 6.54 Å². The molecule has 0 atom stereocenters. The summed E-state index contributed by atoms with van der Waals surface area (Å²) in [6, 6.07) is 0. The van der Waals surface area contributed by atoms with Gasteiger partial charge in [0.15, 0.2) is 0 Å². The van der Waals surface area contributed by atoms with Gasteiger partial charge in [-0.1, -0.05) is 0 Å². The van der Waals surface area contributed by atoms with Crippen LogP contribution in [-0.2, 0) is 0 Å². The van der Waals surface area contributed by atoms with Gasteiger partial charge in [0.1, 0.15) is 0 Å². The van der Waals surface area contributed by atoms with Gasteiger partial charge >= 0.3 is 54.6 Å². The molecule has 1 N–H and O–H groups in total. The van der Waals surface area contributed by atoms with E-state index >= 15 is 0 Å². The molecule has 42 valence electrons. The summed E-state index contributed by atoms with van der Waals surface area (Å²) in [5.74, 6) is 0. The Balaban J connectivity index is 2.40. The average Bonchev–Trinajstić information content (AvgIpc) is 1.69. The molecule has 1 aliphatic heterocycles. The third kappa shape index (κ3) is 1.78. The van der Waals surface area contributed by atoms with Gasteiger partial charge in [-0.3, -0.25) is 0 Å². The standard InChI is InChI=1S/C5H9IN/c1-5-2-3-7-6-4-5/h4,7H,2-3H2,1H3/q-1. The summed E-state index contributed by atoms with van der Waals surface area (Å²) < 4.78 is 5.70. The van der Waals surface area contributed by atoms with Gasteiger partial charge in [0.2, 0.25) is 0 Å². The zero-order valence-corrected chi connectivity index (χ0v) is 6.53. The molecule has 7 heavy (non-hydrogen) atoms. The molecule has 0 aliphatic carbocycles. The van der Waals surface area contributed by atoms with E-state index in [1.54, 1.807) is 5.57 Å². The Labute approximate surface area is 54.8 Å². The second kappa shape index (κ2) is 2.67. The van der Waals surface area contributed by atoms with Gasteiger partial charge < -0.3 is 0 Å². The Bertz CT molecular complexity index is 88.1. The predicted molar refractivity (Wildman–Crippen MR) is 26.4 cm³/mol. The van der Waals surface area contributed by atoms with Crippen LogP contribution in [0.5, 0.6) is 0 Å². The number of nitrogens with one attached hydrogen (secondary N) is 1. The van der Waals surface area contributed by atoms with Crippen LogP contribution in [0.3, 0.4) is 0 Å². The van der Waals surface area contributed by atoms with Crippen LogP contribution in [0, 0.1) is 0 Å². The van der Waals surface area contributed by atoms with Crippen molar-refractivity contribution in [3.05, 3.63) is 9.66 Å². The molecule has 0 fully saturated rings. The van der Waals surface area contributed by atoms with Crippen molar-refractivity contribution in [2.45, 2.75) is 13.3 Å². The Hall–Kier alpha value is 0.430. The van der Waals surface area contributed by atoms with Crippen LogP contribution in [0.15, 0.2) is 9.66 Å². The van der Waals surface area contributed by atoms with E-state index in [-0.39, 0.29) is 21.5 Å². The van der Waals surface area contributed by atoms with Crippen molar-refractivity contribution in [1.29, 1.82) is 0 Å². The van der Waals surface area contributed by atoms with Crippen LogP contribution in [0.2, 0.25) is 0 Å². The maximum atomic E-state index is 3.35. The van der Waals surface area contributed by atoms with Gasteiger partial charge in [-0.05, 0) is 0 Å². The van der Waals surface area contributed by atoms with Crippen LogP contribution in [0.4, 0.5) is 0 Å². The van der Waals surface area contributed by atoms with E-state index in [4.69, 9.17) is 0 Å². The van der Waals surface area contributed by atoms with E-state index in [2.05, 4.69) is 14.5 Å². The van der Waals surface area contributed by atoms with Crippen molar-refractivity contribution < 1.29 is 21.5 Å². The van der Waals surface area contributed by atoms with Gasteiger partial charge in [-0.25, -0.2) is 0 Å². The maximum absolute atomic E-state index is 3.35. The first kappa shape index (κ1) is 5.56. The average molecular weight is 210 g/mol. The zero-order chi connectivity index (χ0) is 5.11. The summed E-state index contributed by atoms with van der Waals surface area (Å²) in [6.07, 6.45) is 1.26. The molecule has 0 aromatic rings. The van der Waals surface area contributed by atoms with E-state index in [9.17, 15) is 0 Å². The van der Waals surface area contributed by atoms with E-state index in [0.29, 0.717) is 0 Å². The summed E-state index contributed by atoms with van der Waals surface area (Å²) in [7, 11) is 0. The van der Waals surface area contributed by atoms with Crippen molar-refractivity contribution in [2.24, 2.45) is 0 Å². The summed E-state index contributed by atoms with van der Waals surface area (Å²) >= 11 is 0.262. The first-order valence-corrected chi connectivity index (χ1v) is 4.73. The number of rotatable bonds is 0. The SMILES string of the molecule is CC1=C[I-]NCC1. The molecule has 1 rings (SSSR count). The third-order valence-corrected chi connectivity index (χ3v) is 3.29. The first-order valence-electron chi connectivity index (χ1n) is 2.40. The molecule has 0 saturated carbocycles. The van der Waals surface area contributed by atoms with Crippen LogP contribution >= 0.6 is 0 Å². The van der Waals surface area contributed by atoms with Gasteiger partial charge in [-0.2, -0.15) is 0 Å². The fourth-order valence-corrected chi connectivity index (χ4v) is 2.13. The van der Waals surface area contributed by atoms with Crippen LogP contribution < -0.4 is 25.0 Å². The Morgan fingerprint density at radius 2 is 2.71 bits per heavy atom. The normalized spacial score (nSPS) is 22.7. The van der Waals surface area contributed by atoms with E-state index < -0.39 is 0 Å². The minimum absolute atomic E-state index is 0.262. The van der Waals surface area contributed by atoms with Crippen molar-refractivity contribution in [1.82, 2.24) is 3.53 Å². The Morgan fingerprint density at radius 1 is 1.86 bits per heavy atom. The predicted octanol–water partition coefficient (Wildman–Crippen LogP) is -2.11. The van der Waals surface area contributed by atoms with Crippen molar-refractivity contribution >= 4 is 0 Å². The molecule has 1 nitrogen and oxygen atoms in total. The van der Waals surface area contributed by atoms with Crippen LogP contribution in [0.1, 0.15) is 13.3 Å². The molecule has 0 radical (unpaired) electrons. The van der Waals surface area contributed by atoms with Crippen LogP contribution in [0.25, 0.3) is 0 Å². The zero-order valence-electron chi connectivity index (χ0n) is 4.37. The molecule has 0 unspecified atom stereocenters. The van der Waals surface area contributed by atoms with E-state index in [1.807, 2.05) is 0 Å².